The molecule has 2 N–H and O–H groups in total. The Hall–Kier alpha value is -3.93. The maximum atomic E-state index is 12.5. The minimum atomic E-state index is -0.266. The summed E-state index contributed by atoms with van der Waals surface area (Å²) in [6.07, 6.45) is 3.51. The lowest BCUT2D eigenvalue weighted by Gasteiger charge is -2.04. The monoisotopic (exact) mass is 398 g/mol. The average molecular weight is 398 g/mol. The molecule has 4 aromatic rings. The molecule has 30 heavy (non-hydrogen) atoms. The SMILES string of the molecule is CC(=O)c1c[nH]c(C(=O)NCc2cn(Cc3ccccc3)nc2-c2ccccc2)c1. The van der Waals surface area contributed by atoms with Crippen molar-refractivity contribution in [1.82, 2.24) is 20.1 Å². The Morgan fingerprint density at radius 3 is 2.40 bits per heavy atom. The van der Waals surface area contributed by atoms with Crippen molar-refractivity contribution in [2.24, 2.45) is 0 Å². The highest BCUT2D eigenvalue weighted by atomic mass is 16.2. The van der Waals surface area contributed by atoms with Crippen molar-refractivity contribution < 1.29 is 9.59 Å². The number of nitrogens with zero attached hydrogens (tertiary/aromatic N) is 2. The lowest BCUT2D eigenvalue weighted by Crippen LogP contribution is -2.23. The maximum absolute atomic E-state index is 12.5. The standard InChI is InChI=1S/C24H22N4O2/c1-17(29)20-12-22(25-13-20)24(30)26-14-21-16-28(15-18-8-4-2-5-9-18)27-23(21)19-10-6-3-7-11-19/h2-13,16,25H,14-15H2,1H3,(H,26,30). The van der Waals surface area contributed by atoms with Crippen molar-refractivity contribution >= 4 is 11.7 Å². The lowest BCUT2D eigenvalue weighted by molar-refractivity contribution is 0.0946. The van der Waals surface area contributed by atoms with E-state index in [9.17, 15) is 9.59 Å². The van der Waals surface area contributed by atoms with Gasteiger partial charge in [-0.15, -0.1) is 0 Å². The van der Waals surface area contributed by atoms with E-state index in [1.807, 2.05) is 59.4 Å². The molecule has 0 aliphatic rings. The zero-order valence-corrected chi connectivity index (χ0v) is 16.6. The molecule has 0 atom stereocenters. The topological polar surface area (TPSA) is 79.8 Å². The number of ketones is 1. The number of aromatic amines is 1. The van der Waals surface area contributed by atoms with Gasteiger partial charge in [0.2, 0.25) is 0 Å². The molecule has 0 radical (unpaired) electrons. The molecule has 1 amide bonds. The molecule has 0 saturated heterocycles. The van der Waals surface area contributed by atoms with Crippen LogP contribution in [0.25, 0.3) is 11.3 Å². The summed E-state index contributed by atoms with van der Waals surface area (Å²) in [4.78, 5) is 26.8. The average Bonchev–Trinajstić information content (AvgIpc) is 3.41. The molecule has 2 aromatic carbocycles. The molecule has 4 rings (SSSR count). The van der Waals surface area contributed by atoms with E-state index in [4.69, 9.17) is 5.10 Å². The van der Waals surface area contributed by atoms with E-state index in [0.29, 0.717) is 24.3 Å². The highest BCUT2D eigenvalue weighted by molar-refractivity contribution is 5.99. The zero-order valence-electron chi connectivity index (χ0n) is 16.6. The molecule has 6 nitrogen and oxygen atoms in total. The van der Waals surface area contributed by atoms with Gasteiger partial charge in [-0.25, -0.2) is 0 Å². The Balaban J connectivity index is 1.56. The number of carbonyl (C=O) groups excluding carboxylic acids is 2. The molecular formula is C24H22N4O2. The Morgan fingerprint density at radius 2 is 1.73 bits per heavy atom. The molecule has 0 aliphatic heterocycles. The first-order valence-corrected chi connectivity index (χ1v) is 9.73. The highest BCUT2D eigenvalue weighted by Gasteiger charge is 2.15. The van der Waals surface area contributed by atoms with Crippen LogP contribution in [0.5, 0.6) is 0 Å². The maximum Gasteiger partial charge on any atom is 0.267 e. The van der Waals surface area contributed by atoms with Gasteiger partial charge in [0.25, 0.3) is 5.91 Å². The third kappa shape index (κ3) is 4.38. The van der Waals surface area contributed by atoms with Crippen molar-refractivity contribution in [3.8, 4) is 11.3 Å². The number of aromatic nitrogens is 3. The van der Waals surface area contributed by atoms with Crippen LogP contribution in [-0.4, -0.2) is 26.5 Å². The number of amides is 1. The Labute approximate surface area is 174 Å². The minimum absolute atomic E-state index is 0.0844. The van der Waals surface area contributed by atoms with Crippen LogP contribution in [0, 0.1) is 0 Å². The first-order chi connectivity index (χ1) is 14.6. The van der Waals surface area contributed by atoms with Gasteiger partial charge in [0, 0.05) is 35.6 Å². The molecule has 0 bridgehead atoms. The largest absolute Gasteiger partial charge is 0.356 e. The molecule has 0 fully saturated rings. The Kier molecular flexibility index (Phi) is 5.57. The molecule has 6 heteroatoms. The number of H-pyrrole nitrogens is 1. The van der Waals surface area contributed by atoms with Crippen LogP contribution in [0.3, 0.4) is 0 Å². The van der Waals surface area contributed by atoms with Gasteiger partial charge in [-0.3, -0.25) is 14.3 Å². The summed E-state index contributed by atoms with van der Waals surface area (Å²) in [5, 5.41) is 7.69. The summed E-state index contributed by atoms with van der Waals surface area (Å²) in [5.74, 6) is -0.351. The van der Waals surface area contributed by atoms with Crippen LogP contribution >= 0.6 is 0 Å². The molecule has 0 unspecified atom stereocenters. The molecule has 0 spiro atoms. The smallest absolute Gasteiger partial charge is 0.267 e. The second-order valence-electron chi connectivity index (χ2n) is 7.09. The number of hydrogen-bond acceptors (Lipinski definition) is 3. The fourth-order valence-corrected chi connectivity index (χ4v) is 3.28. The number of carbonyl (C=O) groups is 2. The summed E-state index contributed by atoms with van der Waals surface area (Å²) in [5.41, 5.74) is 4.75. The molecular weight excluding hydrogens is 376 g/mol. The van der Waals surface area contributed by atoms with Gasteiger partial charge < -0.3 is 10.3 Å². The number of nitrogens with one attached hydrogen (secondary N) is 2. The van der Waals surface area contributed by atoms with Gasteiger partial charge in [0.05, 0.1) is 12.2 Å². The number of rotatable bonds is 7. The van der Waals surface area contributed by atoms with Gasteiger partial charge in [-0.2, -0.15) is 5.10 Å². The van der Waals surface area contributed by atoms with Gasteiger partial charge in [0.1, 0.15) is 5.69 Å². The highest BCUT2D eigenvalue weighted by Crippen LogP contribution is 2.22. The van der Waals surface area contributed by atoms with Crippen LogP contribution in [-0.2, 0) is 13.1 Å². The van der Waals surface area contributed by atoms with Crippen molar-refractivity contribution in [3.05, 3.63) is 102 Å². The van der Waals surface area contributed by atoms with Crippen molar-refractivity contribution in [3.63, 3.8) is 0 Å². The summed E-state index contributed by atoms with van der Waals surface area (Å²) in [6.45, 7) is 2.44. The van der Waals surface area contributed by atoms with Crippen LogP contribution in [0.15, 0.2) is 79.1 Å². The quantitative estimate of drug-likeness (QED) is 0.461. The van der Waals surface area contributed by atoms with Crippen LogP contribution in [0.2, 0.25) is 0 Å². The Morgan fingerprint density at radius 1 is 1.03 bits per heavy atom. The second-order valence-corrected chi connectivity index (χ2v) is 7.09. The number of Topliss-reactive ketones (excluding diaryl/α,β-unsaturated/α-hetero) is 1. The molecule has 0 saturated carbocycles. The summed E-state index contributed by atoms with van der Waals surface area (Å²) >= 11 is 0. The van der Waals surface area contributed by atoms with E-state index in [1.165, 1.54) is 6.92 Å². The van der Waals surface area contributed by atoms with Gasteiger partial charge in [0.15, 0.2) is 5.78 Å². The van der Waals surface area contributed by atoms with Gasteiger partial charge in [-0.1, -0.05) is 60.7 Å². The molecule has 2 heterocycles. The van der Waals surface area contributed by atoms with E-state index in [1.54, 1.807) is 12.3 Å². The van der Waals surface area contributed by atoms with Crippen molar-refractivity contribution in [2.75, 3.05) is 0 Å². The molecule has 0 aliphatic carbocycles. The molecule has 150 valence electrons. The van der Waals surface area contributed by atoms with E-state index in [2.05, 4.69) is 22.4 Å². The van der Waals surface area contributed by atoms with Gasteiger partial charge in [-0.05, 0) is 18.6 Å². The first-order valence-electron chi connectivity index (χ1n) is 9.73. The van der Waals surface area contributed by atoms with Crippen molar-refractivity contribution in [1.29, 1.82) is 0 Å². The Bertz CT molecular complexity index is 1160. The summed E-state index contributed by atoms with van der Waals surface area (Å²) in [6, 6.07) is 21.6. The van der Waals surface area contributed by atoms with Crippen LogP contribution in [0.4, 0.5) is 0 Å². The lowest BCUT2D eigenvalue weighted by atomic mass is 10.1. The van der Waals surface area contributed by atoms with Crippen molar-refractivity contribution in [2.45, 2.75) is 20.0 Å². The second kappa shape index (κ2) is 8.61. The predicted molar refractivity (Wildman–Crippen MR) is 115 cm³/mol. The van der Waals surface area contributed by atoms with Crippen LogP contribution < -0.4 is 5.32 Å². The number of hydrogen-bond donors (Lipinski definition) is 2. The van der Waals surface area contributed by atoms with E-state index in [-0.39, 0.29) is 11.7 Å². The number of benzene rings is 2. The van der Waals surface area contributed by atoms with Crippen LogP contribution in [0.1, 0.15) is 38.9 Å². The predicted octanol–water partition coefficient (Wildman–Crippen LogP) is 4.06. The fourth-order valence-electron chi connectivity index (χ4n) is 3.28. The molecule has 2 aromatic heterocycles. The minimum Gasteiger partial charge on any atom is -0.356 e. The van der Waals surface area contributed by atoms with Gasteiger partial charge >= 0.3 is 0 Å². The van der Waals surface area contributed by atoms with E-state index >= 15 is 0 Å². The zero-order chi connectivity index (χ0) is 20.9. The summed E-state index contributed by atoms with van der Waals surface area (Å²) in [7, 11) is 0. The fraction of sp³-hybridized carbons (Fsp3) is 0.125. The van der Waals surface area contributed by atoms with E-state index in [0.717, 1.165) is 22.4 Å². The van der Waals surface area contributed by atoms with E-state index < -0.39 is 0 Å². The summed E-state index contributed by atoms with van der Waals surface area (Å²) < 4.78 is 1.89. The third-order valence-electron chi connectivity index (χ3n) is 4.85. The normalized spacial score (nSPS) is 10.7. The first kappa shape index (κ1) is 19.4. The third-order valence-corrected chi connectivity index (χ3v) is 4.85.